The second-order valence-corrected chi connectivity index (χ2v) is 6.13. The molecule has 18 heavy (non-hydrogen) atoms. The second-order valence-electron chi connectivity index (χ2n) is 6.13. The van der Waals surface area contributed by atoms with E-state index in [1.54, 1.807) is 12.1 Å². The monoisotopic (exact) mass is 248 g/mol. The molecule has 0 aromatic heterocycles. The topological polar surface area (TPSA) is 17.1 Å². The molecule has 0 heterocycles. The van der Waals surface area contributed by atoms with Crippen LogP contribution in [0.15, 0.2) is 24.3 Å². The Labute approximate surface area is 108 Å². The molecule has 98 valence electrons. The van der Waals surface area contributed by atoms with Crippen molar-refractivity contribution in [3.63, 3.8) is 0 Å². The molecule has 2 rings (SSSR count). The molecule has 1 fully saturated rings. The minimum Gasteiger partial charge on any atom is -0.299 e. The summed E-state index contributed by atoms with van der Waals surface area (Å²) in [7, 11) is 0. The van der Waals surface area contributed by atoms with E-state index < -0.39 is 0 Å². The predicted molar refractivity (Wildman–Crippen MR) is 70.9 cm³/mol. The first-order chi connectivity index (χ1) is 8.41. The molecule has 0 aliphatic heterocycles. The Morgan fingerprint density at radius 1 is 1.17 bits per heavy atom. The van der Waals surface area contributed by atoms with Crippen molar-refractivity contribution in [2.45, 2.75) is 45.4 Å². The fourth-order valence-electron chi connectivity index (χ4n) is 3.04. The largest absolute Gasteiger partial charge is 0.299 e. The minimum atomic E-state index is -0.224. The zero-order chi connectivity index (χ0) is 13.3. The number of ketones is 1. The quantitative estimate of drug-likeness (QED) is 0.769. The van der Waals surface area contributed by atoms with Crippen LogP contribution in [0.4, 0.5) is 4.39 Å². The molecule has 1 aromatic rings. The van der Waals surface area contributed by atoms with Crippen LogP contribution in [0.25, 0.3) is 0 Å². The standard InChI is InChI=1S/C16H21FO/c1-11-4-9-14(15(18)10-11)16(2,3)12-5-7-13(17)8-6-12/h5-8,11,14H,4,9-10H2,1-3H3. The van der Waals surface area contributed by atoms with E-state index in [1.807, 2.05) is 0 Å². The highest BCUT2D eigenvalue weighted by Crippen LogP contribution is 2.40. The lowest BCUT2D eigenvalue weighted by Crippen LogP contribution is -2.38. The minimum absolute atomic E-state index is 0.0687. The van der Waals surface area contributed by atoms with Gasteiger partial charge in [0.25, 0.3) is 0 Å². The molecule has 0 bridgehead atoms. The van der Waals surface area contributed by atoms with E-state index >= 15 is 0 Å². The number of hydrogen-bond acceptors (Lipinski definition) is 1. The average Bonchev–Trinajstić information content (AvgIpc) is 2.29. The van der Waals surface area contributed by atoms with Gasteiger partial charge in [-0.15, -0.1) is 0 Å². The maximum absolute atomic E-state index is 13.0. The Kier molecular flexibility index (Phi) is 3.56. The van der Waals surface area contributed by atoms with Gasteiger partial charge in [-0.1, -0.05) is 32.9 Å². The van der Waals surface area contributed by atoms with Gasteiger partial charge >= 0.3 is 0 Å². The highest BCUT2D eigenvalue weighted by atomic mass is 19.1. The van der Waals surface area contributed by atoms with Gasteiger partial charge < -0.3 is 0 Å². The maximum Gasteiger partial charge on any atom is 0.137 e. The summed E-state index contributed by atoms with van der Waals surface area (Å²) in [5.41, 5.74) is 0.849. The van der Waals surface area contributed by atoms with Crippen LogP contribution in [0.1, 0.15) is 45.6 Å². The molecule has 0 saturated heterocycles. The van der Waals surface area contributed by atoms with Crippen LogP contribution in [0.2, 0.25) is 0 Å². The third-order valence-corrected chi connectivity index (χ3v) is 4.35. The molecule has 2 heteroatoms. The van der Waals surface area contributed by atoms with Crippen LogP contribution >= 0.6 is 0 Å². The molecule has 0 spiro atoms. The summed E-state index contributed by atoms with van der Waals surface area (Å²) in [5, 5.41) is 0. The fraction of sp³-hybridized carbons (Fsp3) is 0.562. The number of benzene rings is 1. The summed E-state index contributed by atoms with van der Waals surface area (Å²) in [5.74, 6) is 0.721. The molecular weight excluding hydrogens is 227 g/mol. The first kappa shape index (κ1) is 13.3. The molecule has 1 saturated carbocycles. The van der Waals surface area contributed by atoms with Crippen LogP contribution in [0.5, 0.6) is 0 Å². The number of Topliss-reactive ketones (excluding diaryl/α,β-unsaturated/α-hetero) is 1. The van der Waals surface area contributed by atoms with Gasteiger partial charge in [0.05, 0.1) is 0 Å². The molecule has 0 radical (unpaired) electrons. The fourth-order valence-corrected chi connectivity index (χ4v) is 3.04. The van der Waals surface area contributed by atoms with E-state index in [0.717, 1.165) is 18.4 Å². The van der Waals surface area contributed by atoms with E-state index in [-0.39, 0.29) is 17.2 Å². The van der Waals surface area contributed by atoms with E-state index in [0.29, 0.717) is 18.1 Å². The Morgan fingerprint density at radius 2 is 1.78 bits per heavy atom. The molecule has 0 N–H and O–H groups in total. The lowest BCUT2D eigenvalue weighted by molar-refractivity contribution is -0.128. The summed E-state index contributed by atoms with van der Waals surface area (Å²) in [6.45, 7) is 6.33. The van der Waals surface area contributed by atoms with Gasteiger partial charge in [-0.05, 0) is 41.9 Å². The van der Waals surface area contributed by atoms with Crippen molar-refractivity contribution in [1.82, 2.24) is 0 Å². The third kappa shape index (κ3) is 2.47. The molecule has 0 amide bonds. The maximum atomic E-state index is 13.0. The van der Waals surface area contributed by atoms with Gasteiger partial charge in [0.15, 0.2) is 0 Å². The van der Waals surface area contributed by atoms with Crippen molar-refractivity contribution in [2.24, 2.45) is 11.8 Å². The predicted octanol–water partition coefficient (Wildman–Crippen LogP) is 4.11. The summed E-state index contributed by atoms with van der Waals surface area (Å²) in [4.78, 5) is 12.2. The van der Waals surface area contributed by atoms with Gasteiger partial charge in [0.2, 0.25) is 0 Å². The number of hydrogen-bond donors (Lipinski definition) is 0. The summed E-state index contributed by atoms with van der Waals surface area (Å²) in [6.07, 6.45) is 2.75. The molecule has 2 unspecified atom stereocenters. The van der Waals surface area contributed by atoms with Crippen LogP contribution in [0.3, 0.4) is 0 Å². The first-order valence-corrected chi connectivity index (χ1v) is 6.70. The number of rotatable bonds is 2. The number of carbonyl (C=O) groups excluding carboxylic acids is 1. The Bertz CT molecular complexity index is 433. The van der Waals surface area contributed by atoms with E-state index in [9.17, 15) is 9.18 Å². The molecule has 1 aliphatic rings. The highest BCUT2D eigenvalue weighted by molar-refractivity contribution is 5.83. The second kappa shape index (κ2) is 4.83. The normalized spacial score (nSPS) is 25.2. The lowest BCUT2D eigenvalue weighted by Gasteiger charge is -2.38. The molecule has 1 aromatic carbocycles. The molecular formula is C16H21FO. The molecule has 1 aliphatic carbocycles. The van der Waals surface area contributed by atoms with Crippen molar-refractivity contribution in [1.29, 1.82) is 0 Å². The number of carbonyl (C=O) groups is 1. The van der Waals surface area contributed by atoms with Crippen molar-refractivity contribution in [3.8, 4) is 0 Å². The Hall–Kier alpha value is -1.18. The zero-order valence-corrected chi connectivity index (χ0v) is 11.4. The SMILES string of the molecule is CC1CCC(C(C)(C)c2ccc(F)cc2)C(=O)C1. The van der Waals surface area contributed by atoms with Gasteiger partial charge in [-0.2, -0.15) is 0 Å². The zero-order valence-electron chi connectivity index (χ0n) is 11.4. The van der Waals surface area contributed by atoms with E-state index in [4.69, 9.17) is 0 Å². The van der Waals surface area contributed by atoms with Crippen LogP contribution in [-0.2, 0) is 10.2 Å². The van der Waals surface area contributed by atoms with Gasteiger partial charge in [-0.3, -0.25) is 4.79 Å². The van der Waals surface area contributed by atoms with Crippen LogP contribution in [-0.4, -0.2) is 5.78 Å². The average molecular weight is 248 g/mol. The Morgan fingerprint density at radius 3 is 2.33 bits per heavy atom. The smallest absolute Gasteiger partial charge is 0.137 e. The molecule has 1 nitrogen and oxygen atoms in total. The van der Waals surface area contributed by atoms with Gasteiger partial charge in [-0.25, -0.2) is 4.39 Å². The van der Waals surface area contributed by atoms with Crippen molar-refractivity contribution in [2.75, 3.05) is 0 Å². The number of halogens is 1. The van der Waals surface area contributed by atoms with Crippen LogP contribution in [0, 0.1) is 17.7 Å². The lowest BCUT2D eigenvalue weighted by atomic mass is 9.65. The van der Waals surface area contributed by atoms with Crippen molar-refractivity contribution < 1.29 is 9.18 Å². The summed E-state index contributed by atoms with van der Waals surface area (Å²) < 4.78 is 13.0. The summed E-state index contributed by atoms with van der Waals surface area (Å²) >= 11 is 0. The van der Waals surface area contributed by atoms with E-state index in [2.05, 4.69) is 20.8 Å². The summed E-state index contributed by atoms with van der Waals surface area (Å²) in [6, 6.07) is 6.57. The third-order valence-electron chi connectivity index (χ3n) is 4.35. The Balaban J connectivity index is 2.25. The van der Waals surface area contributed by atoms with Crippen LogP contribution < -0.4 is 0 Å². The van der Waals surface area contributed by atoms with Crippen molar-refractivity contribution >= 4 is 5.78 Å². The van der Waals surface area contributed by atoms with E-state index in [1.165, 1.54) is 12.1 Å². The van der Waals surface area contributed by atoms with Gasteiger partial charge in [0.1, 0.15) is 11.6 Å². The highest BCUT2D eigenvalue weighted by Gasteiger charge is 2.38. The first-order valence-electron chi connectivity index (χ1n) is 6.70. The van der Waals surface area contributed by atoms with Gasteiger partial charge in [0, 0.05) is 12.3 Å². The van der Waals surface area contributed by atoms with Crippen molar-refractivity contribution in [3.05, 3.63) is 35.6 Å². The molecule has 2 atom stereocenters.